The monoisotopic (exact) mass is 386 g/mol. The van der Waals surface area contributed by atoms with Crippen LogP contribution in [0.15, 0.2) is 59.5 Å². The number of benzene rings is 2. The van der Waals surface area contributed by atoms with Crippen molar-refractivity contribution in [3.8, 4) is 0 Å². The summed E-state index contributed by atoms with van der Waals surface area (Å²) in [5, 5.41) is 2.93. The van der Waals surface area contributed by atoms with Gasteiger partial charge in [-0.15, -0.1) is 0 Å². The molecule has 0 heterocycles. The number of amides is 1. The summed E-state index contributed by atoms with van der Waals surface area (Å²) in [6, 6.07) is 15.7. The van der Waals surface area contributed by atoms with E-state index in [-0.39, 0.29) is 22.9 Å². The van der Waals surface area contributed by atoms with Gasteiger partial charge in [0.05, 0.1) is 10.9 Å². The zero-order valence-corrected chi connectivity index (χ0v) is 16.3. The van der Waals surface area contributed by atoms with Crippen LogP contribution in [0, 0.1) is 0 Å². The number of rotatable bonds is 6. The fourth-order valence-electron chi connectivity index (χ4n) is 3.40. The fourth-order valence-corrected chi connectivity index (χ4v) is 4.70. The second kappa shape index (κ2) is 8.67. The summed E-state index contributed by atoms with van der Waals surface area (Å²) in [6.07, 6.45) is 5.06. The Balaban J connectivity index is 1.64. The van der Waals surface area contributed by atoms with Gasteiger partial charge in [0.15, 0.2) is 0 Å². The van der Waals surface area contributed by atoms with Crippen molar-refractivity contribution in [1.82, 2.24) is 10.0 Å². The van der Waals surface area contributed by atoms with Crippen LogP contribution in [0.4, 0.5) is 0 Å². The van der Waals surface area contributed by atoms with Crippen LogP contribution in [0.5, 0.6) is 0 Å². The second-order valence-corrected chi connectivity index (χ2v) is 8.80. The van der Waals surface area contributed by atoms with Gasteiger partial charge in [-0.05, 0) is 49.6 Å². The molecule has 0 aromatic heterocycles. The molecular formula is C21H26N2O3S. The highest BCUT2D eigenvalue weighted by atomic mass is 32.2. The Morgan fingerprint density at radius 2 is 1.59 bits per heavy atom. The van der Waals surface area contributed by atoms with Gasteiger partial charge >= 0.3 is 0 Å². The number of hydrogen-bond acceptors (Lipinski definition) is 3. The molecule has 6 heteroatoms. The molecule has 1 fully saturated rings. The van der Waals surface area contributed by atoms with Crippen molar-refractivity contribution in [2.75, 3.05) is 0 Å². The normalized spacial score (nSPS) is 16.6. The molecule has 0 aliphatic heterocycles. The third-order valence-corrected chi connectivity index (χ3v) is 6.54. The van der Waals surface area contributed by atoms with Crippen LogP contribution in [0.3, 0.4) is 0 Å². The first kappa shape index (κ1) is 19.6. The van der Waals surface area contributed by atoms with E-state index in [9.17, 15) is 13.2 Å². The lowest BCUT2D eigenvalue weighted by molar-refractivity contribution is 0.0940. The van der Waals surface area contributed by atoms with Gasteiger partial charge in [-0.1, -0.05) is 49.6 Å². The lowest BCUT2D eigenvalue weighted by atomic mass is 9.96. The minimum Gasteiger partial charge on any atom is -0.346 e. The van der Waals surface area contributed by atoms with E-state index in [2.05, 4.69) is 10.0 Å². The van der Waals surface area contributed by atoms with E-state index in [1.807, 2.05) is 37.3 Å². The highest BCUT2D eigenvalue weighted by molar-refractivity contribution is 7.89. The Morgan fingerprint density at radius 3 is 2.22 bits per heavy atom. The molecule has 2 aromatic rings. The minimum absolute atomic E-state index is 0.0125. The van der Waals surface area contributed by atoms with Crippen LogP contribution in [-0.4, -0.2) is 20.4 Å². The van der Waals surface area contributed by atoms with Crippen molar-refractivity contribution in [3.05, 3.63) is 65.7 Å². The molecule has 27 heavy (non-hydrogen) atoms. The zero-order chi connectivity index (χ0) is 19.3. The van der Waals surface area contributed by atoms with Crippen molar-refractivity contribution in [2.45, 2.75) is 56.0 Å². The molecular weight excluding hydrogens is 360 g/mol. The Kier molecular flexibility index (Phi) is 6.29. The maximum absolute atomic E-state index is 12.5. The molecule has 3 rings (SSSR count). The van der Waals surface area contributed by atoms with Crippen LogP contribution in [0.25, 0.3) is 0 Å². The van der Waals surface area contributed by atoms with E-state index in [1.54, 1.807) is 12.1 Å². The van der Waals surface area contributed by atoms with Gasteiger partial charge in [-0.3, -0.25) is 4.79 Å². The Hall–Kier alpha value is -2.18. The smallest absolute Gasteiger partial charge is 0.251 e. The standard InChI is InChI=1S/C21H26N2O3S/c1-16(17-8-4-2-5-9-17)22-21(24)18-12-14-20(15-13-18)27(25,26)23-19-10-6-3-7-11-19/h2,4-5,8-9,12-16,19,23H,3,6-7,10-11H2,1H3,(H,22,24). The Morgan fingerprint density at radius 1 is 0.963 bits per heavy atom. The van der Waals surface area contributed by atoms with Crippen molar-refractivity contribution in [3.63, 3.8) is 0 Å². The molecule has 0 bridgehead atoms. The zero-order valence-electron chi connectivity index (χ0n) is 15.5. The van der Waals surface area contributed by atoms with Gasteiger partial charge in [-0.2, -0.15) is 0 Å². The predicted molar refractivity (Wildman–Crippen MR) is 106 cm³/mol. The van der Waals surface area contributed by atoms with E-state index < -0.39 is 10.0 Å². The van der Waals surface area contributed by atoms with Gasteiger partial charge in [0.1, 0.15) is 0 Å². The molecule has 1 unspecified atom stereocenters. The van der Waals surface area contributed by atoms with Gasteiger partial charge in [0.2, 0.25) is 10.0 Å². The highest BCUT2D eigenvalue weighted by Gasteiger charge is 2.22. The topological polar surface area (TPSA) is 75.3 Å². The van der Waals surface area contributed by atoms with Crippen LogP contribution in [0.1, 0.15) is 61.0 Å². The molecule has 1 saturated carbocycles. The first-order valence-corrected chi connectivity index (χ1v) is 10.9. The minimum atomic E-state index is -3.55. The van der Waals surface area contributed by atoms with Crippen LogP contribution in [-0.2, 0) is 10.0 Å². The summed E-state index contributed by atoms with van der Waals surface area (Å²) in [6.45, 7) is 1.92. The third kappa shape index (κ3) is 5.17. The molecule has 1 aliphatic carbocycles. The molecule has 2 aromatic carbocycles. The Labute approximate surface area is 161 Å². The van der Waals surface area contributed by atoms with E-state index >= 15 is 0 Å². The molecule has 1 amide bonds. The third-order valence-electron chi connectivity index (χ3n) is 5.00. The largest absolute Gasteiger partial charge is 0.346 e. The summed E-state index contributed by atoms with van der Waals surface area (Å²) < 4.78 is 27.9. The van der Waals surface area contributed by atoms with Crippen LogP contribution in [0.2, 0.25) is 0 Å². The van der Waals surface area contributed by atoms with Crippen molar-refractivity contribution < 1.29 is 13.2 Å². The number of hydrogen-bond donors (Lipinski definition) is 2. The molecule has 2 N–H and O–H groups in total. The molecule has 0 radical (unpaired) electrons. The SMILES string of the molecule is CC(NC(=O)c1ccc(S(=O)(=O)NC2CCCCC2)cc1)c1ccccc1. The number of carbonyl (C=O) groups excluding carboxylic acids is 1. The maximum atomic E-state index is 12.5. The quantitative estimate of drug-likeness (QED) is 0.793. The first-order valence-electron chi connectivity index (χ1n) is 9.44. The summed E-state index contributed by atoms with van der Waals surface area (Å²) in [5.74, 6) is -0.226. The van der Waals surface area contributed by atoms with Crippen LogP contribution < -0.4 is 10.0 Å². The summed E-state index contributed by atoms with van der Waals surface area (Å²) in [4.78, 5) is 12.6. The molecule has 0 spiro atoms. The van der Waals surface area contributed by atoms with Crippen molar-refractivity contribution in [2.24, 2.45) is 0 Å². The van der Waals surface area contributed by atoms with Gasteiger partial charge in [-0.25, -0.2) is 13.1 Å². The molecule has 1 aliphatic rings. The highest BCUT2D eigenvalue weighted by Crippen LogP contribution is 2.20. The van der Waals surface area contributed by atoms with Crippen LogP contribution >= 0.6 is 0 Å². The summed E-state index contributed by atoms with van der Waals surface area (Å²) in [5.41, 5.74) is 1.45. The molecule has 0 saturated heterocycles. The van der Waals surface area contributed by atoms with Crippen molar-refractivity contribution in [1.29, 1.82) is 0 Å². The fraction of sp³-hybridized carbons (Fsp3) is 0.381. The summed E-state index contributed by atoms with van der Waals surface area (Å²) in [7, 11) is -3.55. The second-order valence-electron chi connectivity index (χ2n) is 7.09. The average molecular weight is 387 g/mol. The number of sulfonamides is 1. The van der Waals surface area contributed by atoms with Gasteiger partial charge < -0.3 is 5.32 Å². The van der Waals surface area contributed by atoms with E-state index in [0.717, 1.165) is 31.2 Å². The van der Waals surface area contributed by atoms with E-state index in [1.165, 1.54) is 18.6 Å². The van der Waals surface area contributed by atoms with Gasteiger partial charge in [0.25, 0.3) is 5.91 Å². The molecule has 5 nitrogen and oxygen atoms in total. The average Bonchev–Trinajstić information content (AvgIpc) is 2.69. The Bertz CT molecular complexity index is 858. The lowest BCUT2D eigenvalue weighted by Gasteiger charge is -2.22. The maximum Gasteiger partial charge on any atom is 0.251 e. The van der Waals surface area contributed by atoms with E-state index in [0.29, 0.717) is 5.56 Å². The first-order chi connectivity index (χ1) is 13.0. The number of nitrogens with one attached hydrogen (secondary N) is 2. The lowest BCUT2D eigenvalue weighted by Crippen LogP contribution is -2.36. The molecule has 1 atom stereocenters. The summed E-state index contributed by atoms with van der Waals surface area (Å²) >= 11 is 0. The molecule has 144 valence electrons. The number of carbonyl (C=O) groups is 1. The van der Waals surface area contributed by atoms with Crippen molar-refractivity contribution >= 4 is 15.9 Å². The van der Waals surface area contributed by atoms with E-state index in [4.69, 9.17) is 0 Å². The van der Waals surface area contributed by atoms with Gasteiger partial charge in [0, 0.05) is 11.6 Å². The predicted octanol–water partition coefficient (Wildman–Crippen LogP) is 3.79.